The van der Waals surface area contributed by atoms with Crippen LogP contribution in [0.4, 0.5) is 0 Å². The summed E-state index contributed by atoms with van der Waals surface area (Å²) in [7, 11) is -3.37. The standard InChI is InChI=1S/C13H20ClNO2S/c1-3-5-12(15)13(4-2)18(16,17)11-8-6-10(14)7-9-11/h6-9,12-13H,3-5,15H2,1-2H3. The van der Waals surface area contributed by atoms with Gasteiger partial charge in [-0.15, -0.1) is 0 Å². The second-order valence-electron chi connectivity index (χ2n) is 4.40. The number of hydrogen-bond acceptors (Lipinski definition) is 3. The van der Waals surface area contributed by atoms with Crippen LogP contribution in [0.1, 0.15) is 33.1 Å². The van der Waals surface area contributed by atoms with Crippen molar-refractivity contribution in [1.29, 1.82) is 0 Å². The van der Waals surface area contributed by atoms with Gasteiger partial charge in [-0.25, -0.2) is 8.42 Å². The normalized spacial score (nSPS) is 15.3. The molecule has 0 aromatic heterocycles. The first-order valence-electron chi connectivity index (χ1n) is 6.18. The van der Waals surface area contributed by atoms with Gasteiger partial charge >= 0.3 is 0 Å². The first-order chi connectivity index (χ1) is 8.43. The number of rotatable bonds is 6. The average molecular weight is 290 g/mol. The quantitative estimate of drug-likeness (QED) is 0.876. The molecular formula is C13H20ClNO2S. The summed E-state index contributed by atoms with van der Waals surface area (Å²) in [5.41, 5.74) is 5.99. The molecule has 2 atom stereocenters. The van der Waals surface area contributed by atoms with Crippen molar-refractivity contribution in [2.45, 2.75) is 49.3 Å². The van der Waals surface area contributed by atoms with Gasteiger partial charge in [0.25, 0.3) is 0 Å². The van der Waals surface area contributed by atoms with Crippen LogP contribution in [-0.2, 0) is 9.84 Å². The Kier molecular flexibility index (Phi) is 5.63. The fraction of sp³-hybridized carbons (Fsp3) is 0.538. The van der Waals surface area contributed by atoms with E-state index in [-0.39, 0.29) is 6.04 Å². The van der Waals surface area contributed by atoms with Gasteiger partial charge < -0.3 is 5.73 Å². The van der Waals surface area contributed by atoms with Crippen LogP contribution in [-0.4, -0.2) is 19.7 Å². The first kappa shape index (κ1) is 15.5. The number of hydrogen-bond donors (Lipinski definition) is 1. The lowest BCUT2D eigenvalue weighted by Crippen LogP contribution is -2.40. The number of nitrogens with two attached hydrogens (primary N) is 1. The van der Waals surface area contributed by atoms with Gasteiger partial charge in [0.15, 0.2) is 9.84 Å². The van der Waals surface area contributed by atoms with E-state index >= 15 is 0 Å². The highest BCUT2D eigenvalue weighted by atomic mass is 35.5. The third-order valence-corrected chi connectivity index (χ3v) is 5.70. The summed E-state index contributed by atoms with van der Waals surface area (Å²) in [5, 5.41) is -0.00141. The fourth-order valence-electron chi connectivity index (χ4n) is 2.07. The predicted molar refractivity (Wildman–Crippen MR) is 75.6 cm³/mol. The van der Waals surface area contributed by atoms with Gasteiger partial charge in [-0.2, -0.15) is 0 Å². The first-order valence-corrected chi connectivity index (χ1v) is 8.11. The Balaban J connectivity index is 3.06. The number of halogens is 1. The van der Waals surface area contributed by atoms with E-state index in [1.807, 2.05) is 13.8 Å². The smallest absolute Gasteiger partial charge is 0.182 e. The molecule has 0 aliphatic carbocycles. The maximum Gasteiger partial charge on any atom is 0.182 e. The largest absolute Gasteiger partial charge is 0.327 e. The Labute approximate surface area is 114 Å². The molecule has 1 aromatic rings. The van der Waals surface area contributed by atoms with Gasteiger partial charge in [0, 0.05) is 11.1 Å². The van der Waals surface area contributed by atoms with Crippen LogP contribution in [0.5, 0.6) is 0 Å². The molecule has 0 radical (unpaired) electrons. The Morgan fingerprint density at radius 3 is 2.22 bits per heavy atom. The number of benzene rings is 1. The topological polar surface area (TPSA) is 60.2 Å². The highest BCUT2D eigenvalue weighted by Gasteiger charge is 2.30. The molecule has 1 aromatic carbocycles. The second-order valence-corrected chi connectivity index (χ2v) is 7.00. The lowest BCUT2D eigenvalue weighted by atomic mass is 10.1. The molecule has 0 bridgehead atoms. The highest BCUT2D eigenvalue weighted by molar-refractivity contribution is 7.92. The summed E-state index contributed by atoms with van der Waals surface area (Å²) < 4.78 is 24.9. The van der Waals surface area contributed by atoms with Gasteiger partial charge in [-0.1, -0.05) is 31.9 Å². The summed E-state index contributed by atoms with van der Waals surface area (Å²) in [4.78, 5) is 0.297. The van der Waals surface area contributed by atoms with Crippen molar-refractivity contribution in [3.05, 3.63) is 29.3 Å². The molecule has 2 unspecified atom stereocenters. The Morgan fingerprint density at radius 1 is 1.22 bits per heavy atom. The van der Waals surface area contributed by atoms with E-state index in [0.29, 0.717) is 22.8 Å². The molecule has 0 saturated heterocycles. The van der Waals surface area contributed by atoms with Crippen LogP contribution in [0.25, 0.3) is 0 Å². The van der Waals surface area contributed by atoms with E-state index in [9.17, 15) is 8.42 Å². The third-order valence-electron chi connectivity index (χ3n) is 3.04. The SMILES string of the molecule is CCCC(N)C(CC)S(=O)(=O)c1ccc(Cl)cc1. The Morgan fingerprint density at radius 2 is 1.78 bits per heavy atom. The van der Waals surface area contributed by atoms with Crippen molar-refractivity contribution in [2.75, 3.05) is 0 Å². The van der Waals surface area contributed by atoms with E-state index in [4.69, 9.17) is 17.3 Å². The van der Waals surface area contributed by atoms with Crippen LogP contribution < -0.4 is 5.73 Å². The molecule has 5 heteroatoms. The molecule has 0 spiro atoms. The van der Waals surface area contributed by atoms with E-state index in [1.165, 1.54) is 0 Å². The van der Waals surface area contributed by atoms with Crippen LogP contribution >= 0.6 is 11.6 Å². The van der Waals surface area contributed by atoms with Gasteiger partial charge in [0.2, 0.25) is 0 Å². The van der Waals surface area contributed by atoms with E-state index < -0.39 is 15.1 Å². The summed E-state index contributed by atoms with van der Waals surface area (Å²) in [6, 6.07) is 5.94. The van der Waals surface area contributed by atoms with Crippen LogP contribution in [0.15, 0.2) is 29.2 Å². The minimum absolute atomic E-state index is 0.297. The molecule has 2 N–H and O–H groups in total. The van der Waals surface area contributed by atoms with Crippen molar-refractivity contribution < 1.29 is 8.42 Å². The van der Waals surface area contributed by atoms with E-state index in [2.05, 4.69) is 0 Å². The van der Waals surface area contributed by atoms with Crippen molar-refractivity contribution >= 4 is 21.4 Å². The van der Waals surface area contributed by atoms with Gasteiger partial charge in [0.05, 0.1) is 10.1 Å². The zero-order chi connectivity index (χ0) is 13.8. The minimum atomic E-state index is -3.37. The molecule has 3 nitrogen and oxygen atoms in total. The zero-order valence-corrected chi connectivity index (χ0v) is 12.3. The third kappa shape index (κ3) is 3.46. The van der Waals surface area contributed by atoms with Crippen LogP contribution in [0.2, 0.25) is 5.02 Å². The maximum atomic E-state index is 12.5. The monoisotopic (exact) mass is 289 g/mol. The molecule has 102 valence electrons. The predicted octanol–water partition coefficient (Wildman–Crippen LogP) is 3.02. The molecule has 0 aliphatic rings. The van der Waals surface area contributed by atoms with E-state index in [1.54, 1.807) is 24.3 Å². The molecule has 0 heterocycles. The van der Waals surface area contributed by atoms with Crippen molar-refractivity contribution in [2.24, 2.45) is 5.73 Å². The number of sulfone groups is 1. The fourth-order valence-corrected chi connectivity index (χ4v) is 4.10. The molecule has 1 rings (SSSR count). The second kappa shape index (κ2) is 6.55. The Hall–Kier alpha value is -0.580. The van der Waals surface area contributed by atoms with Crippen LogP contribution in [0, 0.1) is 0 Å². The minimum Gasteiger partial charge on any atom is -0.327 e. The summed E-state index contributed by atoms with van der Waals surface area (Å²) in [6.07, 6.45) is 2.12. The lowest BCUT2D eigenvalue weighted by molar-refractivity contribution is 0.516. The highest BCUT2D eigenvalue weighted by Crippen LogP contribution is 2.23. The Bertz CT molecular complexity index is 470. The molecular weight excluding hydrogens is 270 g/mol. The van der Waals surface area contributed by atoms with Crippen molar-refractivity contribution in [1.82, 2.24) is 0 Å². The van der Waals surface area contributed by atoms with Gasteiger partial charge in [-0.05, 0) is 37.1 Å². The maximum absolute atomic E-state index is 12.5. The average Bonchev–Trinajstić information content (AvgIpc) is 2.30. The molecule has 18 heavy (non-hydrogen) atoms. The molecule has 0 fully saturated rings. The van der Waals surface area contributed by atoms with Crippen molar-refractivity contribution in [3.8, 4) is 0 Å². The molecule has 0 saturated carbocycles. The molecule has 0 amide bonds. The summed E-state index contributed by atoms with van der Waals surface area (Å²) >= 11 is 5.77. The van der Waals surface area contributed by atoms with Gasteiger partial charge in [0.1, 0.15) is 0 Å². The zero-order valence-electron chi connectivity index (χ0n) is 10.8. The molecule has 0 aliphatic heterocycles. The van der Waals surface area contributed by atoms with E-state index in [0.717, 1.165) is 6.42 Å². The van der Waals surface area contributed by atoms with Crippen LogP contribution in [0.3, 0.4) is 0 Å². The van der Waals surface area contributed by atoms with Gasteiger partial charge in [-0.3, -0.25) is 0 Å². The van der Waals surface area contributed by atoms with Crippen molar-refractivity contribution in [3.63, 3.8) is 0 Å². The lowest BCUT2D eigenvalue weighted by Gasteiger charge is -2.22. The summed E-state index contributed by atoms with van der Waals surface area (Å²) in [5.74, 6) is 0. The summed E-state index contributed by atoms with van der Waals surface area (Å²) in [6.45, 7) is 3.86.